The van der Waals surface area contributed by atoms with E-state index in [1.54, 1.807) is 0 Å². The maximum atomic E-state index is 13.5. The van der Waals surface area contributed by atoms with Crippen molar-refractivity contribution in [3.8, 4) is 0 Å². The number of primary amides is 1. The van der Waals surface area contributed by atoms with Crippen molar-refractivity contribution >= 4 is 23.6 Å². The Kier molecular flexibility index (Phi) is 12.8. The van der Waals surface area contributed by atoms with Crippen LogP contribution >= 0.6 is 0 Å². The van der Waals surface area contributed by atoms with Crippen LogP contribution in [0.3, 0.4) is 0 Å². The molecule has 4 amide bonds. The third kappa shape index (κ3) is 12.4. The maximum absolute atomic E-state index is 13.5. The number of amides is 4. The van der Waals surface area contributed by atoms with Crippen LogP contribution in [0.4, 0.5) is 0 Å². The first-order valence-electron chi connectivity index (χ1n) is 13.7. The highest BCUT2D eigenvalue weighted by molar-refractivity contribution is 5.94. The van der Waals surface area contributed by atoms with Gasteiger partial charge in [0.2, 0.25) is 23.6 Å². The number of benzene rings is 2. The maximum Gasteiger partial charge on any atom is 0.245 e. The van der Waals surface area contributed by atoms with E-state index in [4.69, 9.17) is 10.5 Å². The molecule has 0 radical (unpaired) electrons. The highest BCUT2D eigenvalue weighted by Gasteiger charge is 2.30. The lowest BCUT2D eigenvalue weighted by Gasteiger charge is -2.28. The van der Waals surface area contributed by atoms with Crippen molar-refractivity contribution in [2.24, 2.45) is 11.7 Å². The quantitative estimate of drug-likeness (QED) is 0.269. The van der Waals surface area contributed by atoms with Crippen molar-refractivity contribution in [3.63, 3.8) is 0 Å². The molecule has 9 nitrogen and oxygen atoms in total. The smallest absolute Gasteiger partial charge is 0.245 e. The van der Waals surface area contributed by atoms with Gasteiger partial charge in [-0.3, -0.25) is 19.2 Å². The van der Waals surface area contributed by atoms with Crippen molar-refractivity contribution in [1.29, 1.82) is 0 Å². The fourth-order valence-corrected chi connectivity index (χ4v) is 4.01. The summed E-state index contributed by atoms with van der Waals surface area (Å²) in [6.45, 7) is 9.20. The molecule has 40 heavy (non-hydrogen) atoms. The summed E-state index contributed by atoms with van der Waals surface area (Å²) >= 11 is 0. The molecule has 0 saturated carbocycles. The van der Waals surface area contributed by atoms with Crippen LogP contribution in [0.1, 0.15) is 58.6 Å². The molecule has 0 bridgehead atoms. The van der Waals surface area contributed by atoms with Gasteiger partial charge in [0.25, 0.3) is 0 Å². The molecule has 0 spiro atoms. The lowest BCUT2D eigenvalue weighted by atomic mass is 10.0. The Bertz CT molecular complexity index is 1100. The van der Waals surface area contributed by atoms with E-state index in [0.29, 0.717) is 12.8 Å². The average molecular weight is 553 g/mol. The van der Waals surface area contributed by atoms with Crippen LogP contribution in [0.25, 0.3) is 0 Å². The molecule has 0 unspecified atom stereocenters. The Morgan fingerprint density at radius 3 is 1.82 bits per heavy atom. The summed E-state index contributed by atoms with van der Waals surface area (Å²) in [5.41, 5.74) is 6.80. The number of ether oxygens (including phenoxy) is 1. The topological polar surface area (TPSA) is 140 Å². The Hall–Kier alpha value is -3.72. The SMILES string of the molecule is CC(C)C[C@H](NC(=O)[C@H](COC(C)(C)C)NC(=O)[C@H](Cc1ccccc1)NC(=O)CCc1ccccc1)C(N)=O. The number of rotatable bonds is 15. The summed E-state index contributed by atoms with van der Waals surface area (Å²) in [6, 6.07) is 16.0. The second-order valence-corrected chi connectivity index (χ2v) is 11.4. The Balaban J connectivity index is 2.20. The molecule has 2 aromatic carbocycles. The zero-order valence-electron chi connectivity index (χ0n) is 24.2. The van der Waals surface area contributed by atoms with Gasteiger partial charge in [0.05, 0.1) is 12.2 Å². The molecular weight excluding hydrogens is 508 g/mol. The monoisotopic (exact) mass is 552 g/mol. The van der Waals surface area contributed by atoms with Crippen LogP contribution in [0.5, 0.6) is 0 Å². The van der Waals surface area contributed by atoms with E-state index in [1.165, 1.54) is 0 Å². The van der Waals surface area contributed by atoms with Crippen molar-refractivity contribution in [3.05, 3.63) is 71.8 Å². The molecule has 0 fully saturated rings. The van der Waals surface area contributed by atoms with Crippen LogP contribution in [0.2, 0.25) is 0 Å². The normalized spacial score (nSPS) is 13.7. The standard InChI is InChI=1S/C31H44N4O5/c1-21(2)18-24(28(32)37)34-30(39)26(20-40-31(3,4)5)35-29(38)25(19-23-14-10-7-11-15-23)33-27(36)17-16-22-12-8-6-9-13-22/h6-15,21,24-26H,16-20H2,1-5H3,(H2,32,37)(H,33,36)(H,34,39)(H,35,38)/t24-,25-,26-/m0/s1. The molecule has 0 aliphatic carbocycles. The first-order valence-corrected chi connectivity index (χ1v) is 13.7. The third-order valence-electron chi connectivity index (χ3n) is 6.10. The largest absolute Gasteiger partial charge is 0.373 e. The summed E-state index contributed by atoms with van der Waals surface area (Å²) < 4.78 is 5.82. The first kappa shape index (κ1) is 32.5. The second-order valence-electron chi connectivity index (χ2n) is 11.4. The fraction of sp³-hybridized carbons (Fsp3) is 0.484. The second kappa shape index (κ2) is 15.8. The lowest BCUT2D eigenvalue weighted by molar-refractivity contribution is -0.136. The van der Waals surface area contributed by atoms with Gasteiger partial charge < -0.3 is 26.4 Å². The first-order chi connectivity index (χ1) is 18.8. The van der Waals surface area contributed by atoms with Crippen LogP contribution in [-0.4, -0.2) is 54.0 Å². The Labute approximate surface area is 237 Å². The van der Waals surface area contributed by atoms with Crippen molar-refractivity contribution in [1.82, 2.24) is 16.0 Å². The van der Waals surface area contributed by atoms with Gasteiger partial charge in [0, 0.05) is 12.8 Å². The number of hydrogen-bond acceptors (Lipinski definition) is 5. The molecule has 0 aliphatic heterocycles. The predicted molar refractivity (Wildman–Crippen MR) is 155 cm³/mol. The zero-order valence-corrected chi connectivity index (χ0v) is 24.2. The molecule has 0 heterocycles. The Morgan fingerprint density at radius 1 is 0.775 bits per heavy atom. The lowest BCUT2D eigenvalue weighted by Crippen LogP contribution is -2.58. The minimum absolute atomic E-state index is 0.109. The number of nitrogens with one attached hydrogen (secondary N) is 3. The van der Waals surface area contributed by atoms with E-state index in [-0.39, 0.29) is 31.3 Å². The highest BCUT2D eigenvalue weighted by Crippen LogP contribution is 2.10. The van der Waals surface area contributed by atoms with Gasteiger partial charge >= 0.3 is 0 Å². The minimum atomic E-state index is -1.11. The van der Waals surface area contributed by atoms with Gasteiger partial charge in [-0.05, 0) is 50.7 Å². The van der Waals surface area contributed by atoms with Crippen LogP contribution in [0.15, 0.2) is 60.7 Å². The number of carbonyl (C=O) groups is 4. The molecule has 218 valence electrons. The molecule has 2 aromatic rings. The number of carbonyl (C=O) groups excluding carboxylic acids is 4. The van der Waals surface area contributed by atoms with Gasteiger partial charge in [0.15, 0.2) is 0 Å². The number of hydrogen-bond donors (Lipinski definition) is 4. The molecule has 0 saturated heterocycles. The van der Waals surface area contributed by atoms with E-state index in [9.17, 15) is 19.2 Å². The van der Waals surface area contributed by atoms with E-state index < -0.39 is 41.4 Å². The fourth-order valence-electron chi connectivity index (χ4n) is 4.01. The molecule has 0 aromatic heterocycles. The predicted octanol–water partition coefficient (Wildman–Crippen LogP) is 2.66. The molecule has 3 atom stereocenters. The molecule has 5 N–H and O–H groups in total. The zero-order chi connectivity index (χ0) is 29.7. The van der Waals surface area contributed by atoms with Gasteiger partial charge in [-0.25, -0.2) is 0 Å². The number of aryl methyl sites for hydroxylation is 1. The van der Waals surface area contributed by atoms with Gasteiger partial charge in [-0.2, -0.15) is 0 Å². The van der Waals surface area contributed by atoms with E-state index >= 15 is 0 Å². The van der Waals surface area contributed by atoms with Crippen molar-refractivity contribution in [2.45, 2.75) is 84.0 Å². The van der Waals surface area contributed by atoms with E-state index in [0.717, 1.165) is 11.1 Å². The van der Waals surface area contributed by atoms with E-state index in [1.807, 2.05) is 95.3 Å². The number of nitrogens with two attached hydrogens (primary N) is 1. The van der Waals surface area contributed by atoms with Gasteiger partial charge in [-0.1, -0.05) is 74.5 Å². The summed E-state index contributed by atoms with van der Waals surface area (Å²) in [4.78, 5) is 51.6. The summed E-state index contributed by atoms with van der Waals surface area (Å²) in [6.07, 6.45) is 1.32. The summed E-state index contributed by atoms with van der Waals surface area (Å²) in [5.74, 6) is -1.95. The van der Waals surface area contributed by atoms with Gasteiger partial charge in [-0.15, -0.1) is 0 Å². The minimum Gasteiger partial charge on any atom is -0.373 e. The summed E-state index contributed by atoms with van der Waals surface area (Å²) in [7, 11) is 0. The van der Waals surface area contributed by atoms with Gasteiger partial charge in [0.1, 0.15) is 18.1 Å². The molecular formula is C31H44N4O5. The van der Waals surface area contributed by atoms with Crippen LogP contribution < -0.4 is 21.7 Å². The third-order valence-corrected chi connectivity index (χ3v) is 6.10. The molecule has 9 heteroatoms. The summed E-state index contributed by atoms with van der Waals surface area (Å²) in [5, 5.41) is 8.25. The van der Waals surface area contributed by atoms with Crippen LogP contribution in [0, 0.1) is 5.92 Å². The molecule has 0 aliphatic rings. The van der Waals surface area contributed by atoms with Crippen LogP contribution in [-0.2, 0) is 36.8 Å². The Morgan fingerprint density at radius 2 is 1.30 bits per heavy atom. The average Bonchev–Trinajstić information content (AvgIpc) is 2.89. The van der Waals surface area contributed by atoms with Crippen molar-refractivity contribution < 1.29 is 23.9 Å². The van der Waals surface area contributed by atoms with Crippen molar-refractivity contribution in [2.75, 3.05) is 6.61 Å². The van der Waals surface area contributed by atoms with E-state index in [2.05, 4.69) is 16.0 Å². The highest BCUT2D eigenvalue weighted by atomic mass is 16.5. The molecule has 2 rings (SSSR count).